The maximum absolute atomic E-state index is 11.3. The van der Waals surface area contributed by atoms with Crippen LogP contribution in [0.1, 0.15) is 24.0 Å². The highest BCUT2D eigenvalue weighted by Gasteiger charge is 2.23. The number of benzene rings is 2. The van der Waals surface area contributed by atoms with Gasteiger partial charge in [0.1, 0.15) is 0 Å². The predicted molar refractivity (Wildman–Crippen MR) is 123 cm³/mol. The topological polar surface area (TPSA) is 95.8 Å². The average molecular weight is 447 g/mol. The number of piperidine rings is 1. The molecule has 0 aromatic heterocycles. The van der Waals surface area contributed by atoms with Crippen molar-refractivity contribution in [2.75, 3.05) is 37.7 Å². The van der Waals surface area contributed by atoms with Gasteiger partial charge in [0, 0.05) is 43.5 Å². The van der Waals surface area contributed by atoms with Gasteiger partial charge < -0.3 is 4.90 Å². The highest BCUT2D eigenvalue weighted by molar-refractivity contribution is 7.92. The summed E-state index contributed by atoms with van der Waals surface area (Å²) in [6, 6.07) is 14.8. The van der Waals surface area contributed by atoms with Crippen molar-refractivity contribution in [1.82, 2.24) is 9.80 Å². The first-order valence-electron chi connectivity index (χ1n) is 10.4. The Morgan fingerprint density at radius 1 is 1.13 bits per heavy atom. The third kappa shape index (κ3) is 7.30. The number of nitro groups is 1. The van der Waals surface area contributed by atoms with Gasteiger partial charge in [0.15, 0.2) is 0 Å². The molecule has 168 valence electrons. The number of hydrogen-bond acceptors (Lipinski definition) is 6. The Balaban J connectivity index is 1.49. The molecule has 0 aliphatic carbocycles. The number of sulfonamides is 1. The van der Waals surface area contributed by atoms with Crippen molar-refractivity contribution in [3.63, 3.8) is 0 Å². The van der Waals surface area contributed by atoms with Crippen molar-refractivity contribution < 1.29 is 13.3 Å². The molecule has 0 radical (unpaired) electrons. The third-order valence-corrected chi connectivity index (χ3v) is 6.27. The fraction of sp³-hybridized carbons (Fsp3) is 0.455. The Kier molecular flexibility index (Phi) is 7.64. The van der Waals surface area contributed by atoms with E-state index in [-0.39, 0.29) is 10.6 Å². The van der Waals surface area contributed by atoms with E-state index in [4.69, 9.17) is 0 Å². The lowest BCUT2D eigenvalue weighted by molar-refractivity contribution is -0.384. The molecule has 9 heteroatoms. The number of likely N-dealkylation sites (tertiary alicyclic amines) is 1. The first-order chi connectivity index (χ1) is 14.7. The van der Waals surface area contributed by atoms with Crippen LogP contribution in [0.15, 0.2) is 48.5 Å². The molecule has 1 aliphatic heterocycles. The summed E-state index contributed by atoms with van der Waals surface area (Å²) in [6.07, 6.45) is 4.33. The summed E-state index contributed by atoms with van der Waals surface area (Å²) in [6.45, 7) is 3.74. The van der Waals surface area contributed by atoms with Gasteiger partial charge in [-0.1, -0.05) is 24.3 Å². The van der Waals surface area contributed by atoms with Crippen LogP contribution in [0.25, 0.3) is 0 Å². The number of anilines is 1. The van der Waals surface area contributed by atoms with Crippen LogP contribution in [-0.4, -0.2) is 62.1 Å². The molecule has 1 heterocycles. The predicted octanol–water partition coefficient (Wildman–Crippen LogP) is 3.11. The minimum absolute atomic E-state index is 0.125. The van der Waals surface area contributed by atoms with Gasteiger partial charge in [-0.15, -0.1) is 0 Å². The zero-order valence-corrected chi connectivity index (χ0v) is 18.8. The molecule has 31 heavy (non-hydrogen) atoms. The van der Waals surface area contributed by atoms with Crippen molar-refractivity contribution in [2.45, 2.75) is 31.8 Å². The van der Waals surface area contributed by atoms with Crippen molar-refractivity contribution in [2.24, 2.45) is 0 Å². The van der Waals surface area contributed by atoms with Crippen LogP contribution in [0.3, 0.4) is 0 Å². The fourth-order valence-electron chi connectivity index (χ4n) is 3.96. The van der Waals surface area contributed by atoms with Gasteiger partial charge in [-0.2, -0.15) is 0 Å². The highest BCUT2D eigenvalue weighted by Crippen LogP contribution is 2.19. The van der Waals surface area contributed by atoms with Gasteiger partial charge in [0.25, 0.3) is 5.69 Å². The number of rotatable bonds is 9. The largest absolute Gasteiger partial charge is 0.302 e. The summed E-state index contributed by atoms with van der Waals surface area (Å²) >= 11 is 0. The van der Waals surface area contributed by atoms with Crippen molar-refractivity contribution in [3.05, 3.63) is 69.8 Å². The summed E-state index contributed by atoms with van der Waals surface area (Å²) in [5, 5.41) is 10.8. The molecule has 0 saturated carbocycles. The van der Waals surface area contributed by atoms with Gasteiger partial charge in [0.2, 0.25) is 10.0 Å². The Morgan fingerprint density at radius 3 is 2.39 bits per heavy atom. The second-order valence-electron chi connectivity index (χ2n) is 8.26. The Morgan fingerprint density at radius 2 is 1.77 bits per heavy atom. The van der Waals surface area contributed by atoms with Crippen LogP contribution in [0.5, 0.6) is 0 Å². The van der Waals surface area contributed by atoms with Gasteiger partial charge in [-0.25, -0.2) is 8.42 Å². The van der Waals surface area contributed by atoms with Crippen LogP contribution in [0.4, 0.5) is 11.4 Å². The monoisotopic (exact) mass is 446 g/mol. The number of likely N-dealkylation sites (N-methyl/N-ethyl adjacent to an activating group) is 1. The van der Waals surface area contributed by atoms with E-state index < -0.39 is 10.0 Å². The normalized spacial score (nSPS) is 17.6. The van der Waals surface area contributed by atoms with E-state index in [0.29, 0.717) is 11.7 Å². The smallest absolute Gasteiger partial charge is 0.269 e. The summed E-state index contributed by atoms with van der Waals surface area (Å²) in [5.41, 5.74) is 2.97. The lowest BCUT2D eigenvalue weighted by atomic mass is 10.0. The maximum Gasteiger partial charge on any atom is 0.269 e. The van der Waals surface area contributed by atoms with E-state index in [0.717, 1.165) is 57.3 Å². The summed E-state index contributed by atoms with van der Waals surface area (Å²) in [4.78, 5) is 15.3. The second kappa shape index (κ2) is 10.2. The molecule has 8 nitrogen and oxygen atoms in total. The van der Waals surface area contributed by atoms with E-state index in [9.17, 15) is 18.5 Å². The number of non-ortho nitro benzene ring substituents is 1. The van der Waals surface area contributed by atoms with Crippen LogP contribution in [0.2, 0.25) is 0 Å². The maximum atomic E-state index is 11.3. The lowest BCUT2D eigenvalue weighted by Crippen LogP contribution is -2.46. The highest BCUT2D eigenvalue weighted by atomic mass is 32.2. The molecular weight excluding hydrogens is 416 g/mol. The second-order valence-corrected chi connectivity index (χ2v) is 10.0. The van der Waals surface area contributed by atoms with Gasteiger partial charge >= 0.3 is 0 Å². The quantitative estimate of drug-likeness (QED) is 0.470. The molecule has 3 rings (SSSR count). The van der Waals surface area contributed by atoms with Crippen LogP contribution in [-0.2, 0) is 23.0 Å². The molecule has 2 aromatic carbocycles. The van der Waals surface area contributed by atoms with Crippen LogP contribution in [0, 0.1) is 10.1 Å². The first-order valence-corrected chi connectivity index (χ1v) is 12.3. The minimum atomic E-state index is -3.26. The third-order valence-electron chi connectivity index (χ3n) is 5.67. The zero-order valence-electron chi connectivity index (χ0n) is 18.0. The van der Waals surface area contributed by atoms with Crippen LogP contribution < -0.4 is 4.72 Å². The van der Waals surface area contributed by atoms with Crippen LogP contribution >= 0.6 is 0 Å². The standard InChI is InChI=1S/C22H30N4O4S/c1-24(15-13-18-5-9-20(10-6-18)23-31(2,29)30)22-4-3-14-25(17-22)16-19-7-11-21(12-8-19)26(27)28/h5-12,22-23H,3-4,13-17H2,1-2H3. The fourth-order valence-corrected chi connectivity index (χ4v) is 4.52. The molecule has 1 saturated heterocycles. The van der Waals surface area contributed by atoms with E-state index in [1.807, 2.05) is 24.3 Å². The Labute approximate surface area is 184 Å². The zero-order chi connectivity index (χ0) is 22.4. The SMILES string of the molecule is CN(CCc1ccc(NS(C)(=O)=O)cc1)C1CCCN(Cc2ccc([N+](=O)[O-])cc2)C1. The Hall–Kier alpha value is -2.49. The van der Waals surface area contributed by atoms with Gasteiger partial charge in [-0.3, -0.25) is 19.7 Å². The number of nitrogens with zero attached hydrogens (tertiary/aromatic N) is 3. The summed E-state index contributed by atoms with van der Waals surface area (Å²) in [5.74, 6) is 0. The lowest BCUT2D eigenvalue weighted by Gasteiger charge is -2.37. The average Bonchev–Trinajstić information content (AvgIpc) is 2.72. The molecule has 0 bridgehead atoms. The molecule has 1 fully saturated rings. The Bertz CT molecular complexity index is 978. The van der Waals surface area contributed by atoms with Gasteiger partial charge in [-0.05, 0) is 56.1 Å². The number of hydrogen-bond donors (Lipinski definition) is 1. The molecule has 2 aromatic rings. The minimum Gasteiger partial charge on any atom is -0.302 e. The van der Waals surface area contributed by atoms with E-state index in [1.54, 1.807) is 24.3 Å². The first kappa shape index (κ1) is 23.2. The van der Waals surface area contributed by atoms with Crippen molar-refractivity contribution in [1.29, 1.82) is 0 Å². The molecule has 1 N–H and O–H groups in total. The molecule has 1 aliphatic rings. The molecule has 0 amide bonds. The van der Waals surface area contributed by atoms with Crippen molar-refractivity contribution >= 4 is 21.4 Å². The number of nitrogens with one attached hydrogen (secondary N) is 1. The van der Waals surface area contributed by atoms with E-state index in [2.05, 4.69) is 21.6 Å². The van der Waals surface area contributed by atoms with E-state index >= 15 is 0 Å². The van der Waals surface area contributed by atoms with Crippen molar-refractivity contribution in [3.8, 4) is 0 Å². The number of nitro benzene ring substituents is 1. The molecular formula is C22H30N4O4S. The van der Waals surface area contributed by atoms with E-state index in [1.165, 1.54) is 5.56 Å². The summed E-state index contributed by atoms with van der Waals surface area (Å²) in [7, 11) is -1.10. The van der Waals surface area contributed by atoms with Gasteiger partial charge in [0.05, 0.1) is 11.2 Å². The molecule has 0 spiro atoms. The summed E-state index contributed by atoms with van der Waals surface area (Å²) < 4.78 is 25.1. The molecule has 1 unspecified atom stereocenters. The molecule has 1 atom stereocenters.